The number of phenols is 1. The smallest absolute Gasteiger partial charge is 0.248 e. The molecule has 0 spiro atoms. The van der Waals surface area contributed by atoms with Gasteiger partial charge in [0.15, 0.2) is 11.5 Å². The minimum Gasteiger partial charge on any atom is -0.506 e. The molecule has 1 unspecified atom stereocenters. The Morgan fingerprint density at radius 2 is 2.04 bits per heavy atom. The highest BCUT2D eigenvalue weighted by Gasteiger charge is 2.14. The zero-order chi connectivity index (χ0) is 20.1. The fraction of sp³-hybridized carbons (Fsp3) is 0.190. The van der Waals surface area contributed by atoms with Crippen LogP contribution in [0.25, 0.3) is 10.9 Å². The number of H-pyrrole nitrogens is 1. The zero-order valence-corrected chi connectivity index (χ0v) is 15.2. The van der Waals surface area contributed by atoms with Crippen LogP contribution in [0.1, 0.15) is 17.2 Å². The van der Waals surface area contributed by atoms with Crippen LogP contribution in [0.4, 0.5) is 0 Å². The van der Waals surface area contributed by atoms with E-state index in [0.717, 1.165) is 5.56 Å². The van der Waals surface area contributed by atoms with Crippen LogP contribution >= 0.6 is 0 Å². The molecule has 2 aromatic carbocycles. The molecule has 0 amide bonds. The molecule has 0 radical (unpaired) electrons. The molecule has 1 atom stereocenters. The van der Waals surface area contributed by atoms with E-state index in [9.17, 15) is 15.0 Å². The predicted octanol–water partition coefficient (Wildman–Crippen LogP) is 2.03. The van der Waals surface area contributed by atoms with Crippen molar-refractivity contribution in [3.05, 3.63) is 63.9 Å². The van der Waals surface area contributed by atoms with Crippen molar-refractivity contribution in [1.82, 2.24) is 10.3 Å². The Hall–Kier alpha value is -3.47. The first kappa shape index (κ1) is 19.3. The van der Waals surface area contributed by atoms with Gasteiger partial charge >= 0.3 is 0 Å². The van der Waals surface area contributed by atoms with Crippen molar-refractivity contribution in [2.75, 3.05) is 13.7 Å². The molecule has 28 heavy (non-hydrogen) atoms. The van der Waals surface area contributed by atoms with E-state index >= 15 is 0 Å². The molecule has 1 heterocycles. The van der Waals surface area contributed by atoms with E-state index in [1.54, 1.807) is 24.3 Å². The molecule has 7 nitrogen and oxygen atoms in total. The number of aliphatic hydroxyl groups is 1. The third kappa shape index (κ3) is 4.09. The summed E-state index contributed by atoms with van der Waals surface area (Å²) in [6.45, 7) is 0.751. The number of ether oxygens (including phenoxy) is 2. The molecular weight excluding hydrogens is 360 g/mol. The van der Waals surface area contributed by atoms with E-state index in [-0.39, 0.29) is 17.9 Å². The lowest BCUT2D eigenvalue weighted by Gasteiger charge is -2.15. The molecule has 144 valence electrons. The summed E-state index contributed by atoms with van der Waals surface area (Å²) in [4.78, 5) is 14.1. The van der Waals surface area contributed by atoms with Gasteiger partial charge in [-0.1, -0.05) is 18.6 Å². The minimum absolute atomic E-state index is 0.0435. The molecule has 1 aromatic heterocycles. The fourth-order valence-corrected chi connectivity index (χ4v) is 2.98. The number of phenolic OH excluding ortho intramolecular Hbond substituents is 1. The van der Waals surface area contributed by atoms with E-state index in [0.29, 0.717) is 34.5 Å². The highest BCUT2D eigenvalue weighted by Crippen LogP contribution is 2.29. The van der Waals surface area contributed by atoms with Crippen LogP contribution < -0.4 is 20.3 Å². The Bertz CT molecular complexity index is 1080. The second-order valence-electron chi connectivity index (χ2n) is 6.14. The van der Waals surface area contributed by atoms with Gasteiger partial charge in [-0.15, -0.1) is 0 Å². The number of hydrogen-bond donors (Lipinski definition) is 4. The number of hydrogen-bond acceptors (Lipinski definition) is 6. The van der Waals surface area contributed by atoms with Crippen LogP contribution in [0.15, 0.2) is 47.3 Å². The lowest BCUT2D eigenvalue weighted by molar-refractivity contribution is 0.176. The predicted molar refractivity (Wildman–Crippen MR) is 105 cm³/mol. The van der Waals surface area contributed by atoms with Gasteiger partial charge in [-0.25, -0.2) is 0 Å². The lowest BCUT2D eigenvalue weighted by Crippen LogP contribution is -2.21. The van der Waals surface area contributed by atoms with E-state index < -0.39 is 6.10 Å². The summed E-state index contributed by atoms with van der Waals surface area (Å²) in [5.74, 6) is 0.933. The van der Waals surface area contributed by atoms with Crippen molar-refractivity contribution < 1.29 is 19.7 Å². The van der Waals surface area contributed by atoms with Gasteiger partial charge in [0.2, 0.25) is 5.56 Å². The Balaban J connectivity index is 1.71. The largest absolute Gasteiger partial charge is 0.506 e. The SMILES string of the molecule is C#COc1ccc(CNCC(O)c2ccc(O)c3[nH]c(=O)ccc23)cc1OC. The minimum atomic E-state index is -0.833. The molecule has 0 saturated carbocycles. The number of aliphatic hydroxyl groups excluding tert-OH is 1. The fourth-order valence-electron chi connectivity index (χ4n) is 2.98. The second kappa shape index (κ2) is 8.48. The van der Waals surface area contributed by atoms with Crippen LogP contribution in [0, 0.1) is 12.5 Å². The van der Waals surface area contributed by atoms with E-state index in [1.807, 2.05) is 6.07 Å². The average molecular weight is 380 g/mol. The van der Waals surface area contributed by atoms with Gasteiger partial charge in [-0.3, -0.25) is 4.79 Å². The second-order valence-corrected chi connectivity index (χ2v) is 6.14. The summed E-state index contributed by atoms with van der Waals surface area (Å²) in [6.07, 6.45) is 6.42. The molecule has 4 N–H and O–H groups in total. The van der Waals surface area contributed by atoms with Crippen LogP contribution in [-0.4, -0.2) is 28.9 Å². The molecule has 0 fully saturated rings. The first-order valence-corrected chi connectivity index (χ1v) is 8.56. The zero-order valence-electron chi connectivity index (χ0n) is 15.2. The number of terminal acetylenes is 1. The summed E-state index contributed by atoms with van der Waals surface area (Å²) in [7, 11) is 1.53. The van der Waals surface area contributed by atoms with Gasteiger partial charge in [0.05, 0.1) is 18.7 Å². The monoisotopic (exact) mass is 380 g/mol. The molecule has 7 heteroatoms. The van der Waals surface area contributed by atoms with Gasteiger partial charge in [0, 0.05) is 24.5 Å². The Labute approximate surface area is 161 Å². The molecule has 0 saturated heterocycles. The van der Waals surface area contributed by atoms with Crippen LogP contribution in [0.5, 0.6) is 17.2 Å². The first-order chi connectivity index (χ1) is 13.5. The number of aromatic amines is 1. The number of benzene rings is 2. The molecule has 3 rings (SSSR count). The van der Waals surface area contributed by atoms with Gasteiger partial charge < -0.3 is 30.0 Å². The summed E-state index contributed by atoms with van der Waals surface area (Å²) in [5.41, 5.74) is 1.51. The van der Waals surface area contributed by atoms with Crippen molar-refractivity contribution >= 4 is 10.9 Å². The number of pyridine rings is 1. The van der Waals surface area contributed by atoms with Crippen molar-refractivity contribution in [3.8, 4) is 29.8 Å². The number of fused-ring (bicyclic) bond motifs is 1. The van der Waals surface area contributed by atoms with Gasteiger partial charge in [-0.2, -0.15) is 0 Å². The highest BCUT2D eigenvalue weighted by atomic mass is 16.5. The summed E-state index contributed by atoms with van der Waals surface area (Å²) < 4.78 is 10.3. The number of aromatic nitrogens is 1. The standard InChI is InChI=1S/C21H20N2O5/c1-3-28-18-8-4-13(10-19(18)27-2)11-22-12-17(25)14-5-7-16(24)21-15(14)6-9-20(26)23-21/h1,4-10,17,22,24-25H,11-12H2,2H3,(H,23,26). The highest BCUT2D eigenvalue weighted by molar-refractivity contribution is 5.87. The third-order valence-electron chi connectivity index (χ3n) is 4.33. The third-order valence-corrected chi connectivity index (χ3v) is 4.33. The van der Waals surface area contributed by atoms with E-state index in [1.165, 1.54) is 19.2 Å². The molecule has 3 aromatic rings. The lowest BCUT2D eigenvalue weighted by atomic mass is 10.0. The van der Waals surface area contributed by atoms with Crippen LogP contribution in [0.3, 0.4) is 0 Å². The molecular formula is C21H20N2O5. The molecule has 0 bridgehead atoms. The number of rotatable bonds is 7. The maximum Gasteiger partial charge on any atom is 0.248 e. The Morgan fingerprint density at radius 3 is 2.79 bits per heavy atom. The summed E-state index contributed by atoms with van der Waals surface area (Å²) in [5, 5.41) is 24.3. The average Bonchev–Trinajstić information content (AvgIpc) is 2.69. The molecule has 0 aliphatic rings. The van der Waals surface area contributed by atoms with Crippen molar-refractivity contribution in [2.45, 2.75) is 12.6 Å². The maximum atomic E-state index is 11.5. The maximum absolute atomic E-state index is 11.5. The van der Waals surface area contributed by atoms with Crippen LogP contribution in [-0.2, 0) is 6.54 Å². The number of methoxy groups -OCH3 is 1. The summed E-state index contributed by atoms with van der Waals surface area (Å²) >= 11 is 0. The van der Waals surface area contributed by atoms with Gasteiger partial charge in [-0.05, 0) is 35.4 Å². The van der Waals surface area contributed by atoms with E-state index in [2.05, 4.69) is 16.4 Å². The van der Waals surface area contributed by atoms with Crippen LogP contribution in [0.2, 0.25) is 0 Å². The molecule has 0 aliphatic heterocycles. The van der Waals surface area contributed by atoms with Gasteiger partial charge in [0.1, 0.15) is 11.9 Å². The van der Waals surface area contributed by atoms with Gasteiger partial charge in [0.25, 0.3) is 0 Å². The topological polar surface area (TPSA) is 104 Å². The first-order valence-electron chi connectivity index (χ1n) is 8.56. The van der Waals surface area contributed by atoms with Crippen molar-refractivity contribution in [3.63, 3.8) is 0 Å². The molecule has 0 aliphatic carbocycles. The normalized spacial score (nSPS) is 11.8. The Kier molecular flexibility index (Phi) is 5.84. The van der Waals surface area contributed by atoms with Crippen molar-refractivity contribution in [2.24, 2.45) is 0 Å². The quantitative estimate of drug-likeness (QED) is 0.468. The summed E-state index contributed by atoms with van der Waals surface area (Å²) in [6, 6.07) is 11.4. The Morgan fingerprint density at radius 1 is 1.21 bits per heavy atom. The number of nitrogens with one attached hydrogen (secondary N) is 2. The number of aromatic hydroxyl groups is 1. The van der Waals surface area contributed by atoms with E-state index in [4.69, 9.17) is 15.9 Å². The van der Waals surface area contributed by atoms with Crippen molar-refractivity contribution in [1.29, 1.82) is 0 Å².